The van der Waals surface area contributed by atoms with Crippen LogP contribution in [0.3, 0.4) is 0 Å². The number of aryl methyl sites for hydroxylation is 8. The molecule has 0 amide bonds. The molecule has 0 fully saturated rings. The van der Waals surface area contributed by atoms with Gasteiger partial charge in [0.25, 0.3) is 0 Å². The van der Waals surface area contributed by atoms with Gasteiger partial charge in [0.2, 0.25) is 0 Å². The van der Waals surface area contributed by atoms with E-state index in [-0.39, 0.29) is 0 Å². The smallest absolute Gasteiger partial charge is 0.00202 e. The van der Waals surface area contributed by atoms with Crippen LogP contribution in [0.2, 0.25) is 0 Å². The third-order valence-electron chi connectivity index (χ3n) is 8.74. The monoisotopic (exact) mass is 488 g/mol. The topological polar surface area (TPSA) is 0 Å². The minimum absolute atomic E-state index is 0.972. The van der Waals surface area contributed by atoms with Crippen LogP contribution in [0.15, 0.2) is 48.5 Å². The number of hydrogen-bond donors (Lipinski definition) is 0. The molecule has 0 aliphatic heterocycles. The summed E-state index contributed by atoms with van der Waals surface area (Å²) in [6.45, 7) is 22.5. The van der Waals surface area contributed by atoms with Crippen LogP contribution in [0.4, 0.5) is 0 Å². The summed E-state index contributed by atoms with van der Waals surface area (Å²) in [6, 6.07) is 19.2. The van der Waals surface area contributed by atoms with Crippen molar-refractivity contribution in [2.45, 2.75) is 88.5 Å². The first kappa shape index (κ1) is 26.9. The Morgan fingerprint density at radius 1 is 0.297 bits per heavy atom. The molecule has 37 heavy (non-hydrogen) atoms. The largest absolute Gasteiger partial charge is 0.0558 e. The van der Waals surface area contributed by atoms with Gasteiger partial charge >= 0.3 is 0 Å². The summed E-state index contributed by atoms with van der Waals surface area (Å²) in [5, 5.41) is 0. The molecule has 0 radical (unpaired) electrons. The van der Waals surface area contributed by atoms with Gasteiger partial charge < -0.3 is 0 Å². The summed E-state index contributed by atoms with van der Waals surface area (Å²) in [4.78, 5) is 0. The van der Waals surface area contributed by atoms with Crippen molar-refractivity contribution in [3.05, 3.63) is 138 Å². The molecule has 0 saturated heterocycles. The minimum atomic E-state index is 0.972. The molecule has 0 saturated carbocycles. The van der Waals surface area contributed by atoms with Gasteiger partial charge in [-0.05, 0) is 178 Å². The average molecular weight is 489 g/mol. The Morgan fingerprint density at radius 2 is 0.649 bits per heavy atom. The highest BCUT2D eigenvalue weighted by molar-refractivity contribution is 5.48. The fourth-order valence-electron chi connectivity index (χ4n) is 5.67. The number of hydrogen-bond acceptors (Lipinski definition) is 0. The Labute approximate surface area is 225 Å². The van der Waals surface area contributed by atoms with E-state index >= 15 is 0 Å². The molecule has 0 atom stereocenters. The van der Waals surface area contributed by atoms with Crippen LogP contribution in [0.5, 0.6) is 0 Å². The molecule has 0 aliphatic rings. The van der Waals surface area contributed by atoms with E-state index in [0.29, 0.717) is 0 Å². The zero-order chi connectivity index (χ0) is 27.0. The highest BCUT2D eigenvalue weighted by Gasteiger charge is 2.12. The molecular weight excluding hydrogens is 444 g/mol. The lowest BCUT2D eigenvalue weighted by Gasteiger charge is -2.17. The molecular formula is C37H44. The maximum atomic E-state index is 2.46. The molecule has 4 rings (SSSR count). The summed E-state index contributed by atoms with van der Waals surface area (Å²) >= 11 is 0. The Hall–Kier alpha value is -3.12. The predicted octanol–water partition coefficient (Wildman–Crippen LogP) is 9.54. The van der Waals surface area contributed by atoms with E-state index < -0.39 is 0 Å². The third kappa shape index (κ3) is 5.90. The molecule has 0 heterocycles. The molecule has 0 bridgehead atoms. The second-order valence-corrected chi connectivity index (χ2v) is 11.6. The molecule has 4 aromatic rings. The lowest BCUT2D eigenvalue weighted by atomic mass is 9.88. The maximum absolute atomic E-state index is 2.46. The standard InChI is InChI=1S/C37H44/c1-22-11-28(7)34(15-24(22)3)20-36-18-32(13-26(5)30(36)9)17-33-14-27(6)31(10)37(19-33)21-35-16-25(4)23(2)12-29(35)8/h11-16,18-19H,17,20-21H2,1-10H3. The second kappa shape index (κ2) is 10.7. The Morgan fingerprint density at radius 3 is 1.03 bits per heavy atom. The molecule has 192 valence electrons. The van der Waals surface area contributed by atoms with Gasteiger partial charge in [0, 0.05) is 0 Å². The minimum Gasteiger partial charge on any atom is -0.0558 e. The van der Waals surface area contributed by atoms with Crippen molar-refractivity contribution in [2.24, 2.45) is 0 Å². The highest BCUT2D eigenvalue weighted by atomic mass is 14.2. The number of rotatable bonds is 6. The molecule has 0 unspecified atom stereocenters. The van der Waals surface area contributed by atoms with Gasteiger partial charge in [-0.15, -0.1) is 0 Å². The van der Waals surface area contributed by atoms with Gasteiger partial charge in [-0.25, -0.2) is 0 Å². The fourth-order valence-corrected chi connectivity index (χ4v) is 5.67. The van der Waals surface area contributed by atoms with Crippen molar-refractivity contribution in [1.29, 1.82) is 0 Å². The van der Waals surface area contributed by atoms with Crippen LogP contribution in [-0.4, -0.2) is 0 Å². The van der Waals surface area contributed by atoms with E-state index in [4.69, 9.17) is 0 Å². The van der Waals surface area contributed by atoms with Gasteiger partial charge in [0.1, 0.15) is 0 Å². The third-order valence-corrected chi connectivity index (χ3v) is 8.74. The molecule has 0 aromatic heterocycles. The lowest BCUT2D eigenvalue weighted by Crippen LogP contribution is -2.03. The summed E-state index contributed by atoms with van der Waals surface area (Å²) in [5.41, 5.74) is 22.6. The van der Waals surface area contributed by atoms with Crippen LogP contribution >= 0.6 is 0 Å². The van der Waals surface area contributed by atoms with Crippen molar-refractivity contribution < 1.29 is 0 Å². The van der Waals surface area contributed by atoms with Gasteiger partial charge in [0.05, 0.1) is 0 Å². The van der Waals surface area contributed by atoms with Crippen LogP contribution in [0.1, 0.15) is 89.0 Å². The normalized spacial score (nSPS) is 11.3. The van der Waals surface area contributed by atoms with Gasteiger partial charge in [-0.1, -0.05) is 48.5 Å². The van der Waals surface area contributed by atoms with E-state index in [0.717, 1.165) is 19.3 Å². The van der Waals surface area contributed by atoms with Crippen molar-refractivity contribution in [1.82, 2.24) is 0 Å². The number of benzene rings is 4. The van der Waals surface area contributed by atoms with Crippen molar-refractivity contribution in [3.8, 4) is 0 Å². The van der Waals surface area contributed by atoms with E-state index in [1.807, 2.05) is 0 Å². The van der Waals surface area contributed by atoms with E-state index in [9.17, 15) is 0 Å². The van der Waals surface area contributed by atoms with Crippen molar-refractivity contribution >= 4 is 0 Å². The van der Waals surface area contributed by atoms with Crippen molar-refractivity contribution in [2.75, 3.05) is 0 Å². The van der Waals surface area contributed by atoms with Gasteiger partial charge in [-0.3, -0.25) is 0 Å². The zero-order valence-electron chi connectivity index (χ0n) is 24.7. The first-order chi connectivity index (χ1) is 17.4. The van der Waals surface area contributed by atoms with E-state index in [1.54, 1.807) is 0 Å². The molecule has 4 aromatic carbocycles. The SMILES string of the molecule is Cc1cc(C)c(Cc2cc(Cc3cc(C)c(C)c(Cc4cc(C)c(C)cc4C)c3)cc(C)c2C)cc1C. The van der Waals surface area contributed by atoms with E-state index in [2.05, 4.69) is 118 Å². The highest BCUT2D eigenvalue weighted by Crippen LogP contribution is 2.27. The van der Waals surface area contributed by atoms with Crippen LogP contribution < -0.4 is 0 Å². The molecule has 0 aliphatic carbocycles. The van der Waals surface area contributed by atoms with Gasteiger partial charge in [0.15, 0.2) is 0 Å². The van der Waals surface area contributed by atoms with Crippen LogP contribution in [0.25, 0.3) is 0 Å². The Kier molecular flexibility index (Phi) is 7.79. The average Bonchev–Trinajstić information content (AvgIpc) is 2.82. The Bertz CT molecular complexity index is 1370. The molecule has 0 spiro atoms. The first-order valence-corrected chi connectivity index (χ1v) is 13.7. The zero-order valence-corrected chi connectivity index (χ0v) is 24.7. The Balaban J connectivity index is 1.66. The predicted molar refractivity (Wildman–Crippen MR) is 162 cm³/mol. The van der Waals surface area contributed by atoms with Crippen LogP contribution in [0, 0.1) is 69.2 Å². The van der Waals surface area contributed by atoms with Gasteiger partial charge in [-0.2, -0.15) is 0 Å². The molecule has 0 heteroatoms. The summed E-state index contributed by atoms with van der Waals surface area (Å²) in [5.74, 6) is 0. The second-order valence-electron chi connectivity index (χ2n) is 11.6. The molecule has 0 nitrogen and oxygen atoms in total. The van der Waals surface area contributed by atoms with Crippen LogP contribution in [-0.2, 0) is 19.3 Å². The fraction of sp³-hybridized carbons (Fsp3) is 0.351. The van der Waals surface area contributed by atoms with E-state index in [1.165, 1.54) is 89.0 Å². The van der Waals surface area contributed by atoms with Crippen molar-refractivity contribution in [3.63, 3.8) is 0 Å². The maximum Gasteiger partial charge on any atom is -0.00202 e. The summed E-state index contributed by atoms with van der Waals surface area (Å²) in [6.07, 6.45) is 2.97. The lowest BCUT2D eigenvalue weighted by molar-refractivity contribution is 1.05. The first-order valence-electron chi connectivity index (χ1n) is 13.7. The quantitative estimate of drug-likeness (QED) is 0.253. The molecule has 0 N–H and O–H groups in total. The summed E-state index contributed by atoms with van der Waals surface area (Å²) in [7, 11) is 0. The summed E-state index contributed by atoms with van der Waals surface area (Å²) < 4.78 is 0.